The number of nitrogens with one attached hydrogen (secondary N) is 3. The molecule has 0 saturated carbocycles. The number of benzene rings is 2. The highest BCUT2D eigenvalue weighted by Crippen LogP contribution is 2.26. The van der Waals surface area contributed by atoms with E-state index in [-0.39, 0.29) is 30.8 Å². The number of likely N-dealkylation sites (tertiary alicyclic amines) is 1. The molecule has 0 aliphatic carbocycles. The number of urea groups is 1. The number of hydrogen-bond acceptors (Lipinski definition) is 5. The Morgan fingerprint density at radius 1 is 1.06 bits per heavy atom. The molecular weight excluding hydrogens is 436 g/mol. The van der Waals surface area contributed by atoms with Crippen LogP contribution in [0, 0.1) is 6.92 Å². The zero-order valence-corrected chi connectivity index (χ0v) is 19.6. The lowest BCUT2D eigenvalue weighted by Crippen LogP contribution is -2.45. The van der Waals surface area contributed by atoms with Gasteiger partial charge in [0.15, 0.2) is 0 Å². The highest BCUT2D eigenvalue weighted by molar-refractivity contribution is 6.01. The minimum Gasteiger partial charge on any atom is -0.495 e. The summed E-state index contributed by atoms with van der Waals surface area (Å²) in [6.45, 7) is 4.01. The number of aryl methyl sites for hydroxylation is 1. The quantitative estimate of drug-likeness (QED) is 0.449. The number of carboxylic acid groups (broad SMARTS) is 1. The SMILES string of the molecule is COc1cc(CC(=O)NC2CCN(CCC(=O)O)CC2)ccc1NC(=O)Nc1ccccc1C. The number of methoxy groups -OCH3 is 1. The number of para-hydroxylation sites is 1. The van der Waals surface area contributed by atoms with Gasteiger partial charge in [-0.2, -0.15) is 0 Å². The second-order valence-electron chi connectivity index (χ2n) is 8.43. The van der Waals surface area contributed by atoms with Crippen LogP contribution in [0.2, 0.25) is 0 Å². The maximum Gasteiger partial charge on any atom is 0.323 e. The number of aliphatic carboxylic acids is 1. The number of hydrogen-bond donors (Lipinski definition) is 4. The number of piperidine rings is 1. The molecule has 1 aliphatic heterocycles. The fourth-order valence-corrected chi connectivity index (χ4v) is 3.96. The normalized spacial score (nSPS) is 14.3. The van der Waals surface area contributed by atoms with Gasteiger partial charge in [-0.15, -0.1) is 0 Å². The number of anilines is 2. The Morgan fingerprint density at radius 3 is 2.44 bits per heavy atom. The van der Waals surface area contributed by atoms with Crippen LogP contribution < -0.4 is 20.7 Å². The highest BCUT2D eigenvalue weighted by Gasteiger charge is 2.21. The summed E-state index contributed by atoms with van der Waals surface area (Å²) in [6, 6.07) is 12.5. The number of carbonyl (C=O) groups is 3. The topological polar surface area (TPSA) is 120 Å². The predicted molar refractivity (Wildman–Crippen MR) is 130 cm³/mol. The van der Waals surface area contributed by atoms with Crippen LogP contribution in [0.5, 0.6) is 5.75 Å². The molecule has 1 aliphatic rings. The lowest BCUT2D eigenvalue weighted by atomic mass is 10.0. The molecule has 3 rings (SSSR count). The summed E-state index contributed by atoms with van der Waals surface area (Å²) >= 11 is 0. The van der Waals surface area contributed by atoms with Gasteiger partial charge in [0.2, 0.25) is 5.91 Å². The maximum absolute atomic E-state index is 12.6. The van der Waals surface area contributed by atoms with Crippen molar-refractivity contribution in [2.24, 2.45) is 0 Å². The van der Waals surface area contributed by atoms with Gasteiger partial charge >= 0.3 is 12.0 Å². The van der Waals surface area contributed by atoms with Gasteiger partial charge in [0.25, 0.3) is 0 Å². The van der Waals surface area contributed by atoms with E-state index >= 15 is 0 Å². The molecule has 1 saturated heterocycles. The van der Waals surface area contributed by atoms with E-state index < -0.39 is 5.97 Å². The van der Waals surface area contributed by atoms with E-state index in [4.69, 9.17) is 9.84 Å². The smallest absolute Gasteiger partial charge is 0.323 e. The van der Waals surface area contributed by atoms with Crippen molar-refractivity contribution in [2.45, 2.75) is 38.6 Å². The first kappa shape index (κ1) is 25.0. The molecule has 9 heteroatoms. The van der Waals surface area contributed by atoms with E-state index in [0.717, 1.165) is 42.7 Å². The molecule has 0 aromatic heterocycles. The summed E-state index contributed by atoms with van der Waals surface area (Å²) in [5.41, 5.74) is 2.96. The molecule has 182 valence electrons. The van der Waals surface area contributed by atoms with Crippen LogP contribution in [0.4, 0.5) is 16.2 Å². The van der Waals surface area contributed by atoms with E-state index in [1.54, 1.807) is 18.2 Å². The van der Waals surface area contributed by atoms with Crippen molar-refractivity contribution in [1.29, 1.82) is 0 Å². The van der Waals surface area contributed by atoms with Crippen LogP contribution in [0.3, 0.4) is 0 Å². The Morgan fingerprint density at radius 2 is 1.76 bits per heavy atom. The Labute approximate surface area is 199 Å². The van der Waals surface area contributed by atoms with E-state index in [2.05, 4.69) is 20.9 Å². The van der Waals surface area contributed by atoms with Crippen molar-refractivity contribution < 1.29 is 24.2 Å². The number of carboxylic acids is 1. The summed E-state index contributed by atoms with van der Waals surface area (Å²) in [4.78, 5) is 37.8. The van der Waals surface area contributed by atoms with Crippen LogP contribution in [0.1, 0.15) is 30.4 Å². The van der Waals surface area contributed by atoms with E-state index in [1.807, 2.05) is 31.2 Å². The van der Waals surface area contributed by atoms with Gasteiger partial charge in [-0.3, -0.25) is 9.59 Å². The van der Waals surface area contributed by atoms with Crippen molar-refractivity contribution >= 4 is 29.3 Å². The molecule has 0 radical (unpaired) electrons. The van der Waals surface area contributed by atoms with Crippen LogP contribution in [0.25, 0.3) is 0 Å². The zero-order chi connectivity index (χ0) is 24.5. The largest absolute Gasteiger partial charge is 0.495 e. The van der Waals surface area contributed by atoms with Crippen molar-refractivity contribution in [1.82, 2.24) is 10.2 Å². The lowest BCUT2D eigenvalue weighted by molar-refractivity contribution is -0.137. The molecule has 2 aromatic rings. The van der Waals surface area contributed by atoms with E-state index in [1.165, 1.54) is 7.11 Å². The molecular formula is C25H32N4O5. The number of carbonyl (C=O) groups excluding carboxylic acids is 2. The lowest BCUT2D eigenvalue weighted by Gasteiger charge is -2.32. The minimum atomic E-state index is -0.793. The molecule has 1 fully saturated rings. The Balaban J connectivity index is 1.50. The summed E-state index contributed by atoms with van der Waals surface area (Å²) in [7, 11) is 1.52. The third kappa shape index (κ3) is 7.48. The first-order chi connectivity index (χ1) is 16.3. The van der Waals surface area contributed by atoms with Crippen molar-refractivity contribution in [3.8, 4) is 5.75 Å². The molecule has 4 N–H and O–H groups in total. The standard InChI is InChI=1S/C25H32N4O5/c1-17-5-3-4-6-20(17)27-25(33)28-21-8-7-18(15-22(21)34-2)16-23(30)26-19-9-12-29(13-10-19)14-11-24(31)32/h3-8,15,19H,9-14,16H2,1-2H3,(H,26,30)(H,31,32)(H2,27,28,33). The monoisotopic (exact) mass is 468 g/mol. The van der Waals surface area contributed by atoms with Gasteiger partial charge in [0, 0.05) is 31.4 Å². The molecule has 9 nitrogen and oxygen atoms in total. The summed E-state index contributed by atoms with van der Waals surface area (Å²) in [5, 5.41) is 17.5. The molecule has 0 bridgehead atoms. The Kier molecular flexibility index (Phi) is 8.86. The average molecular weight is 469 g/mol. The number of ether oxygens (including phenoxy) is 1. The summed E-state index contributed by atoms with van der Waals surface area (Å²) in [5.74, 6) is -0.403. The van der Waals surface area contributed by atoms with Gasteiger partial charge < -0.3 is 30.7 Å². The molecule has 34 heavy (non-hydrogen) atoms. The van der Waals surface area contributed by atoms with Gasteiger partial charge in [-0.25, -0.2) is 4.79 Å². The van der Waals surface area contributed by atoms with E-state index in [0.29, 0.717) is 18.0 Å². The first-order valence-electron chi connectivity index (χ1n) is 11.4. The van der Waals surface area contributed by atoms with Gasteiger partial charge in [-0.05, 0) is 49.1 Å². The molecule has 2 aromatic carbocycles. The van der Waals surface area contributed by atoms with Crippen molar-refractivity contribution in [2.75, 3.05) is 37.4 Å². The van der Waals surface area contributed by atoms with Gasteiger partial charge in [0.1, 0.15) is 5.75 Å². The third-order valence-electron chi connectivity index (χ3n) is 5.87. The molecule has 0 atom stereocenters. The summed E-state index contributed by atoms with van der Waals surface area (Å²) < 4.78 is 5.42. The number of rotatable bonds is 9. The molecule has 3 amide bonds. The summed E-state index contributed by atoms with van der Waals surface area (Å²) in [6.07, 6.45) is 1.93. The van der Waals surface area contributed by atoms with Crippen LogP contribution in [-0.2, 0) is 16.0 Å². The van der Waals surface area contributed by atoms with E-state index in [9.17, 15) is 14.4 Å². The molecule has 0 spiro atoms. The molecule has 0 unspecified atom stereocenters. The third-order valence-corrected chi connectivity index (χ3v) is 5.87. The fourth-order valence-electron chi connectivity index (χ4n) is 3.96. The van der Waals surface area contributed by atoms with Crippen molar-refractivity contribution in [3.05, 3.63) is 53.6 Å². The second-order valence-corrected chi connectivity index (χ2v) is 8.43. The molecule has 1 heterocycles. The number of amides is 3. The average Bonchev–Trinajstić information content (AvgIpc) is 2.81. The second kappa shape index (κ2) is 12.0. The fraction of sp³-hybridized carbons (Fsp3) is 0.400. The van der Waals surface area contributed by atoms with Crippen LogP contribution in [-0.4, -0.2) is 60.7 Å². The minimum absolute atomic E-state index is 0.0796. The Hall–Kier alpha value is -3.59. The van der Waals surface area contributed by atoms with Crippen molar-refractivity contribution in [3.63, 3.8) is 0 Å². The highest BCUT2D eigenvalue weighted by atomic mass is 16.5. The van der Waals surface area contributed by atoms with Crippen LogP contribution in [0.15, 0.2) is 42.5 Å². The Bertz CT molecular complexity index is 1020. The zero-order valence-electron chi connectivity index (χ0n) is 19.6. The predicted octanol–water partition coefficient (Wildman–Crippen LogP) is 3.25. The first-order valence-corrected chi connectivity index (χ1v) is 11.4. The van der Waals surface area contributed by atoms with Gasteiger partial charge in [0.05, 0.1) is 25.6 Å². The number of nitrogens with zero attached hydrogens (tertiary/aromatic N) is 1. The maximum atomic E-state index is 12.6. The van der Waals surface area contributed by atoms with Crippen LogP contribution >= 0.6 is 0 Å². The van der Waals surface area contributed by atoms with Gasteiger partial charge in [-0.1, -0.05) is 24.3 Å².